The van der Waals surface area contributed by atoms with Gasteiger partial charge >= 0.3 is 0 Å². The van der Waals surface area contributed by atoms with E-state index in [-0.39, 0.29) is 0 Å². The molecule has 3 nitrogen and oxygen atoms in total. The molecule has 0 aliphatic rings. The maximum Gasteiger partial charge on any atom is 0.0890 e. The Labute approximate surface area is 125 Å². The first kappa shape index (κ1) is 13.6. The van der Waals surface area contributed by atoms with E-state index in [1.165, 1.54) is 11.3 Å². The molecular weight excluding hydrogens is 258 g/mol. The second-order valence-corrected chi connectivity index (χ2v) is 5.45. The number of rotatable bonds is 4. The zero-order valence-electron chi connectivity index (χ0n) is 12.4. The molecule has 2 aromatic carbocycles. The average molecular weight is 277 g/mol. The van der Waals surface area contributed by atoms with Crippen molar-refractivity contribution in [1.29, 1.82) is 0 Å². The fraction of sp³-hybridized carbons (Fsp3) is 0.222. The third-order valence-electron chi connectivity index (χ3n) is 3.54. The van der Waals surface area contributed by atoms with Crippen LogP contribution in [-0.4, -0.2) is 9.97 Å². The van der Waals surface area contributed by atoms with Gasteiger partial charge in [0.25, 0.3) is 0 Å². The molecule has 3 heteroatoms. The molecule has 1 N–H and O–H groups in total. The van der Waals surface area contributed by atoms with Gasteiger partial charge in [-0.25, -0.2) is 4.98 Å². The molecule has 0 aliphatic heterocycles. The van der Waals surface area contributed by atoms with Crippen LogP contribution in [0.25, 0.3) is 11.0 Å². The van der Waals surface area contributed by atoms with Crippen LogP contribution in [0.4, 0.5) is 5.69 Å². The number of hydrogen-bond acceptors (Lipinski definition) is 3. The summed E-state index contributed by atoms with van der Waals surface area (Å²) >= 11 is 0. The van der Waals surface area contributed by atoms with Crippen molar-refractivity contribution in [1.82, 2.24) is 9.97 Å². The lowest BCUT2D eigenvalue weighted by Gasteiger charge is -2.14. The normalized spacial score (nSPS) is 11.0. The van der Waals surface area contributed by atoms with E-state index in [0.717, 1.165) is 16.7 Å². The van der Waals surface area contributed by atoms with Gasteiger partial charge in [-0.1, -0.05) is 44.2 Å². The molecule has 0 saturated carbocycles. The van der Waals surface area contributed by atoms with Crippen LogP contribution in [0.5, 0.6) is 0 Å². The molecular formula is C18H19N3. The summed E-state index contributed by atoms with van der Waals surface area (Å²) in [4.78, 5) is 9.09. The van der Waals surface area contributed by atoms with Crippen molar-refractivity contribution in [3.8, 4) is 0 Å². The minimum Gasteiger partial charge on any atom is -0.379 e. The number of benzene rings is 2. The Morgan fingerprint density at radius 1 is 0.952 bits per heavy atom. The van der Waals surface area contributed by atoms with Crippen molar-refractivity contribution in [2.24, 2.45) is 0 Å². The molecule has 0 saturated heterocycles. The van der Waals surface area contributed by atoms with Crippen LogP contribution in [-0.2, 0) is 6.54 Å². The molecule has 1 aromatic heterocycles. The minimum atomic E-state index is 0.497. The van der Waals surface area contributed by atoms with Gasteiger partial charge in [-0.2, -0.15) is 0 Å². The monoisotopic (exact) mass is 277 g/mol. The number of para-hydroxylation sites is 3. The molecule has 0 fully saturated rings. The first-order chi connectivity index (χ1) is 10.2. The zero-order chi connectivity index (χ0) is 14.7. The summed E-state index contributed by atoms with van der Waals surface area (Å²) in [5.74, 6) is 0.497. The van der Waals surface area contributed by atoms with E-state index in [1.54, 1.807) is 0 Å². The maximum atomic E-state index is 4.64. The molecule has 0 aliphatic carbocycles. The van der Waals surface area contributed by atoms with Crippen molar-refractivity contribution in [3.63, 3.8) is 0 Å². The largest absolute Gasteiger partial charge is 0.379 e. The van der Waals surface area contributed by atoms with Crippen molar-refractivity contribution in [3.05, 3.63) is 66.0 Å². The highest BCUT2D eigenvalue weighted by atomic mass is 14.9. The Morgan fingerprint density at radius 3 is 2.48 bits per heavy atom. The Hall–Kier alpha value is -2.42. The van der Waals surface area contributed by atoms with Gasteiger partial charge in [0.15, 0.2) is 0 Å². The lowest BCUT2D eigenvalue weighted by atomic mass is 10.0. The second-order valence-electron chi connectivity index (χ2n) is 5.45. The molecule has 0 bridgehead atoms. The third-order valence-corrected chi connectivity index (χ3v) is 3.54. The van der Waals surface area contributed by atoms with Crippen LogP contribution >= 0.6 is 0 Å². The van der Waals surface area contributed by atoms with Crippen molar-refractivity contribution < 1.29 is 0 Å². The highest BCUT2D eigenvalue weighted by molar-refractivity contribution is 5.73. The first-order valence-electron chi connectivity index (χ1n) is 7.27. The van der Waals surface area contributed by atoms with E-state index in [9.17, 15) is 0 Å². The lowest BCUT2D eigenvalue weighted by Crippen LogP contribution is -2.05. The van der Waals surface area contributed by atoms with Crippen LogP contribution in [0.15, 0.2) is 54.7 Å². The van der Waals surface area contributed by atoms with Gasteiger partial charge in [-0.3, -0.25) is 4.98 Å². The summed E-state index contributed by atoms with van der Waals surface area (Å²) in [5.41, 5.74) is 5.32. The van der Waals surface area contributed by atoms with Gasteiger partial charge in [0.05, 0.1) is 29.5 Å². The molecule has 1 heterocycles. The SMILES string of the molecule is CC(C)c1ccccc1NCc1cnc2ccccc2n1. The predicted molar refractivity (Wildman–Crippen MR) is 87.4 cm³/mol. The van der Waals surface area contributed by atoms with Crippen LogP contribution in [0.2, 0.25) is 0 Å². The summed E-state index contributed by atoms with van der Waals surface area (Å²) in [6.07, 6.45) is 1.84. The fourth-order valence-electron chi connectivity index (χ4n) is 2.43. The van der Waals surface area contributed by atoms with E-state index in [1.807, 2.05) is 30.5 Å². The quantitative estimate of drug-likeness (QED) is 0.769. The highest BCUT2D eigenvalue weighted by Crippen LogP contribution is 2.24. The Bertz CT molecular complexity index is 750. The molecule has 106 valence electrons. The van der Waals surface area contributed by atoms with Crippen LogP contribution in [0.3, 0.4) is 0 Å². The van der Waals surface area contributed by atoms with E-state index in [0.29, 0.717) is 12.5 Å². The van der Waals surface area contributed by atoms with Gasteiger partial charge in [0.2, 0.25) is 0 Å². The van der Waals surface area contributed by atoms with Crippen LogP contribution < -0.4 is 5.32 Å². The van der Waals surface area contributed by atoms with E-state index in [2.05, 4.69) is 53.4 Å². The standard InChI is InChI=1S/C18H19N3/c1-13(2)15-7-3-4-8-16(15)19-11-14-12-20-17-9-5-6-10-18(17)21-14/h3-10,12-13,19H,11H2,1-2H3. The molecule has 21 heavy (non-hydrogen) atoms. The number of nitrogens with zero attached hydrogens (tertiary/aromatic N) is 2. The molecule has 0 radical (unpaired) electrons. The number of anilines is 1. The fourth-order valence-corrected chi connectivity index (χ4v) is 2.43. The minimum absolute atomic E-state index is 0.497. The van der Waals surface area contributed by atoms with E-state index >= 15 is 0 Å². The van der Waals surface area contributed by atoms with Crippen molar-refractivity contribution >= 4 is 16.7 Å². The number of fused-ring (bicyclic) bond motifs is 1. The van der Waals surface area contributed by atoms with Crippen molar-refractivity contribution in [2.45, 2.75) is 26.3 Å². The molecule has 3 aromatic rings. The number of nitrogens with one attached hydrogen (secondary N) is 1. The summed E-state index contributed by atoms with van der Waals surface area (Å²) < 4.78 is 0. The van der Waals surface area contributed by atoms with Gasteiger partial charge in [-0.05, 0) is 29.7 Å². The summed E-state index contributed by atoms with van der Waals surface area (Å²) in [6.45, 7) is 5.09. The Morgan fingerprint density at radius 2 is 1.67 bits per heavy atom. The van der Waals surface area contributed by atoms with Crippen LogP contribution in [0, 0.1) is 0 Å². The average Bonchev–Trinajstić information content (AvgIpc) is 2.53. The number of hydrogen-bond donors (Lipinski definition) is 1. The van der Waals surface area contributed by atoms with Gasteiger partial charge < -0.3 is 5.32 Å². The molecule has 3 rings (SSSR count). The van der Waals surface area contributed by atoms with Crippen LogP contribution in [0.1, 0.15) is 31.0 Å². The van der Waals surface area contributed by atoms with Crippen molar-refractivity contribution in [2.75, 3.05) is 5.32 Å². The lowest BCUT2D eigenvalue weighted by molar-refractivity contribution is 0.864. The van der Waals surface area contributed by atoms with E-state index < -0.39 is 0 Å². The Balaban J connectivity index is 1.80. The summed E-state index contributed by atoms with van der Waals surface area (Å²) in [6, 6.07) is 16.4. The zero-order valence-corrected chi connectivity index (χ0v) is 12.4. The maximum absolute atomic E-state index is 4.64. The molecule has 0 atom stereocenters. The summed E-state index contributed by atoms with van der Waals surface area (Å²) in [5, 5.41) is 3.47. The van der Waals surface area contributed by atoms with Gasteiger partial charge in [0, 0.05) is 5.69 Å². The molecule has 0 spiro atoms. The predicted octanol–water partition coefficient (Wildman–Crippen LogP) is 4.37. The highest BCUT2D eigenvalue weighted by Gasteiger charge is 2.06. The number of aromatic nitrogens is 2. The Kier molecular flexibility index (Phi) is 3.82. The second kappa shape index (κ2) is 5.92. The van der Waals surface area contributed by atoms with Gasteiger partial charge in [-0.15, -0.1) is 0 Å². The smallest absolute Gasteiger partial charge is 0.0890 e. The molecule has 0 amide bonds. The summed E-state index contributed by atoms with van der Waals surface area (Å²) in [7, 11) is 0. The molecule has 0 unspecified atom stereocenters. The third kappa shape index (κ3) is 3.02. The topological polar surface area (TPSA) is 37.8 Å². The van der Waals surface area contributed by atoms with E-state index in [4.69, 9.17) is 0 Å². The van der Waals surface area contributed by atoms with Gasteiger partial charge in [0.1, 0.15) is 0 Å². The first-order valence-corrected chi connectivity index (χ1v) is 7.27.